The zero-order chi connectivity index (χ0) is 103. The van der Waals surface area contributed by atoms with Crippen LogP contribution in [0.25, 0.3) is 14.5 Å². The monoisotopic (exact) mass is 2080 g/mol. The summed E-state index contributed by atoms with van der Waals surface area (Å²) >= 11 is 0. The van der Waals surface area contributed by atoms with E-state index in [1.807, 2.05) is 12.1 Å². The Kier molecular flexibility index (Phi) is 74.3. The van der Waals surface area contributed by atoms with Crippen molar-refractivity contribution in [2.45, 2.75) is 262 Å². The van der Waals surface area contributed by atoms with Crippen LogP contribution >= 0.6 is 41.5 Å². The number of carbonyl (C=O) groups is 4. The molecule has 3 aliphatic rings. The average molecular weight is 2080 g/mol. The fourth-order valence-corrected chi connectivity index (χ4v) is 20.4. The Labute approximate surface area is 833 Å². The maximum Gasteiger partial charge on any atom is 0.474 e. The topological polar surface area (TPSA) is 434 Å². The van der Waals surface area contributed by atoms with Crippen LogP contribution in [0.1, 0.15) is 227 Å². The van der Waals surface area contributed by atoms with Crippen LogP contribution in [-0.2, 0) is 158 Å². The standard InChI is InChI=1S/C94H167N6O34P5/c1-18-43-107-64-86(66-131-138(105,127-19-2)128-57-32-38-95)65-108-44-37-59-130-139(106,129-58-33-39-96)132-73-94(71-110-46-35-55-122-136(125-61-41-98-16)119-52-30-24-21-27-49-113-92-80(9)74(3)77(6)89(133-92)68-116-84(13)103,72-111-47-36-56-123-137(126-62-42-99-17)120-53-31-25-22-28-50-114-93-81(10)75(4)78(7)90(134-93)69-117-85(14)104)70-109-45-34-54-121-135(124-60-40-97-15)118-51-29-23-20-26-48-112-88-63-87(67-115-83(12)102)76(5)79(8)91(88)100-82(11)101/h74-81,86-93H,18-37,40-73H2,1-14H3,(H,100,101)/t74-,75-,76+,77+,78+,79-,80?,81?,86?,87?,88+,89?,90?,91?,92+,93+,94?,135?,136?,137?,138?,139?/m0/s1/i1D. The molecule has 3 rings (SSSR count). The quantitative estimate of drug-likeness (QED) is 0.0194. The maximum absolute atomic E-state index is 15.1. The van der Waals surface area contributed by atoms with Crippen molar-refractivity contribution in [3.05, 3.63) is 34.3 Å². The van der Waals surface area contributed by atoms with E-state index in [1.54, 1.807) is 6.92 Å². The molecule has 0 aromatic heterocycles. The van der Waals surface area contributed by atoms with Crippen molar-refractivity contribution in [1.82, 2.24) is 5.32 Å². The molecule has 2 aliphatic heterocycles. The Balaban J connectivity index is 1.89. The zero-order valence-corrected chi connectivity index (χ0v) is 89.5. The summed E-state index contributed by atoms with van der Waals surface area (Å²) in [5, 5.41) is 21.9. The number of amides is 1. The lowest BCUT2D eigenvalue weighted by Crippen LogP contribution is -2.55. The Morgan fingerprint density at radius 1 is 0.417 bits per heavy atom. The van der Waals surface area contributed by atoms with Crippen LogP contribution in [0.4, 0.5) is 0 Å². The van der Waals surface area contributed by atoms with Gasteiger partial charge in [0.25, 0.3) is 0 Å². The van der Waals surface area contributed by atoms with Gasteiger partial charge in [-0.25, -0.2) is 28.8 Å². The molecule has 1 aliphatic carbocycles. The van der Waals surface area contributed by atoms with Gasteiger partial charge in [0.2, 0.25) is 25.5 Å². The molecule has 1 amide bonds. The van der Waals surface area contributed by atoms with E-state index in [9.17, 15) is 29.0 Å². The van der Waals surface area contributed by atoms with Crippen molar-refractivity contribution in [2.75, 3.05) is 224 Å². The van der Waals surface area contributed by atoms with Crippen LogP contribution in [-0.4, -0.2) is 285 Å². The third kappa shape index (κ3) is 60.2. The lowest BCUT2D eigenvalue weighted by atomic mass is 9.70. The molecule has 2 saturated heterocycles. The van der Waals surface area contributed by atoms with Gasteiger partial charge in [-0.05, 0) is 125 Å². The molecule has 0 aromatic carbocycles. The Morgan fingerprint density at radius 2 is 0.791 bits per heavy atom. The van der Waals surface area contributed by atoms with E-state index in [0.29, 0.717) is 103 Å². The SMILES string of the molecule is [2H]CCCOCC(COCCCOP(=O)(OCCC#N)OCC(COCCCOP(OCCCCCCO[C@@H]1OC(COC(C)=O)[C@H](C)[C@H](C)C1C)OCC[N+]#[C-])(COCCCOP(OCCCCCCO[C@@H]1OC(COC(C)=O)[C@H](C)[C@H](C)C1C)OCC[N+]#[C-])COCCCOP(OCCCCCCO[C@@H]1CC(COC(C)=O)[C@H](C)[C@H](C)C1NC(C)=O)OCC[N+]#[C-])COP(=O)(OCC)OCCC#N. The second-order valence-electron chi connectivity index (χ2n) is 34.9. The number of phosphoric ester groups is 2. The largest absolute Gasteiger partial charge is 0.474 e. The normalized spacial score (nSPS) is 23.8. The smallest absolute Gasteiger partial charge is 0.466 e. The van der Waals surface area contributed by atoms with Crippen molar-refractivity contribution >= 4 is 65.3 Å². The highest BCUT2D eigenvalue weighted by Crippen LogP contribution is 2.53. The first kappa shape index (κ1) is 127. The number of hydrogen-bond acceptors (Lipinski definition) is 36. The molecular formula is C94H167N6O34P5. The number of nitriles is 2. The maximum atomic E-state index is 15.1. The summed E-state index contributed by atoms with van der Waals surface area (Å²) in [4.78, 5) is 57.6. The minimum Gasteiger partial charge on any atom is -0.466 e. The summed E-state index contributed by atoms with van der Waals surface area (Å²) in [7, 11) is -14.3. The summed E-state index contributed by atoms with van der Waals surface area (Å²) in [6.07, 6.45) is 9.78. The van der Waals surface area contributed by atoms with E-state index < -0.39 is 72.0 Å². The Morgan fingerprint density at radius 3 is 1.19 bits per heavy atom. The lowest BCUT2D eigenvalue weighted by molar-refractivity contribution is -0.255. The highest BCUT2D eigenvalue weighted by molar-refractivity contribution is 7.48. The van der Waals surface area contributed by atoms with E-state index in [0.717, 1.165) is 57.8 Å². The summed E-state index contributed by atoms with van der Waals surface area (Å²) in [5.74, 6) is -0.0885. The third-order valence-corrected chi connectivity index (χ3v) is 30.1. The number of carbonyl (C=O) groups excluding carboxylic acids is 4. The minimum atomic E-state index is -4.59. The van der Waals surface area contributed by atoms with Gasteiger partial charge < -0.3 is 122 Å². The van der Waals surface area contributed by atoms with Crippen LogP contribution in [0.15, 0.2) is 0 Å². The Hall–Kier alpha value is -3.92. The van der Waals surface area contributed by atoms with Gasteiger partial charge in [-0.2, -0.15) is 10.5 Å². The summed E-state index contributed by atoms with van der Waals surface area (Å²) in [5.41, 5.74) is -1.31. The van der Waals surface area contributed by atoms with Gasteiger partial charge in [0.15, 0.2) is 12.6 Å². The first-order valence-electron chi connectivity index (χ1n) is 50.2. The molecule has 2 heterocycles. The number of unbranched alkanes of at least 4 members (excludes halogenated alkanes) is 9. The summed E-state index contributed by atoms with van der Waals surface area (Å²) in [6, 6.07) is 3.75. The molecule has 0 aromatic rings. The number of ether oxygens (including phenoxy) is 13. The van der Waals surface area contributed by atoms with E-state index in [4.69, 9.17) is 156 Å². The van der Waals surface area contributed by atoms with Crippen molar-refractivity contribution in [1.29, 1.82) is 10.5 Å². The molecular weight excluding hydrogens is 1910 g/mol. The van der Waals surface area contributed by atoms with Crippen molar-refractivity contribution in [3.8, 4) is 12.1 Å². The minimum absolute atomic E-state index is 0.00796. The molecule has 45 heteroatoms. The van der Waals surface area contributed by atoms with Crippen LogP contribution in [0.5, 0.6) is 0 Å². The van der Waals surface area contributed by atoms with Gasteiger partial charge in [-0.1, -0.05) is 101 Å². The molecule has 1 saturated carbocycles. The molecule has 0 radical (unpaired) electrons. The van der Waals surface area contributed by atoms with Crippen molar-refractivity contribution < 1.29 is 159 Å². The van der Waals surface area contributed by atoms with Gasteiger partial charge in [-0.3, -0.25) is 46.3 Å². The average Bonchev–Trinajstić information content (AvgIpc) is 0.802. The summed E-state index contributed by atoms with van der Waals surface area (Å²) in [6.45, 7) is 49.5. The third-order valence-electron chi connectivity index (χ3n) is 23.6. The van der Waals surface area contributed by atoms with Crippen LogP contribution in [0.2, 0.25) is 0 Å². The van der Waals surface area contributed by atoms with Gasteiger partial charge in [0.1, 0.15) is 33.0 Å². The number of rotatable bonds is 89. The number of nitrogens with zero attached hydrogens (tertiary/aromatic N) is 5. The molecule has 0 bridgehead atoms. The van der Waals surface area contributed by atoms with Gasteiger partial charge in [0, 0.05) is 99.7 Å². The molecule has 1 N–H and O–H groups in total. The van der Waals surface area contributed by atoms with E-state index in [-0.39, 0.29) is 294 Å². The fraction of sp³-hybridized carbons (Fsp3) is 0.904. The predicted molar refractivity (Wildman–Crippen MR) is 518 cm³/mol. The molecule has 3 fully saturated rings. The zero-order valence-electron chi connectivity index (χ0n) is 86.0. The van der Waals surface area contributed by atoms with E-state index in [2.05, 4.69) is 75.2 Å². The van der Waals surface area contributed by atoms with Crippen LogP contribution < -0.4 is 5.32 Å². The number of phosphoric acid groups is 2. The number of hydrogen-bond donors (Lipinski definition) is 1. The summed E-state index contributed by atoms with van der Waals surface area (Å²) < 4.78 is 204. The molecule has 0 spiro atoms. The molecule has 21 atom stereocenters. The molecule has 802 valence electrons. The molecule has 139 heavy (non-hydrogen) atoms. The molecule has 40 nitrogen and oxygen atoms in total. The Bertz CT molecular complexity index is 3440. The van der Waals surface area contributed by atoms with Gasteiger partial charge >= 0.3 is 59.4 Å². The van der Waals surface area contributed by atoms with E-state index in [1.165, 1.54) is 27.7 Å². The predicted octanol–water partition coefficient (Wildman–Crippen LogP) is 18.2. The highest BCUT2D eigenvalue weighted by Gasteiger charge is 2.45. The van der Waals surface area contributed by atoms with Crippen molar-refractivity contribution in [2.24, 2.45) is 64.6 Å². The second-order valence-corrected chi connectivity index (χ2v) is 41.9. The highest BCUT2D eigenvalue weighted by atomic mass is 31.2. The lowest BCUT2D eigenvalue weighted by Gasteiger charge is -2.44. The van der Waals surface area contributed by atoms with Gasteiger partial charge in [-0.15, -0.1) is 0 Å². The van der Waals surface area contributed by atoms with E-state index >= 15 is 4.57 Å². The number of esters is 3. The van der Waals surface area contributed by atoms with Crippen LogP contribution in [0, 0.1) is 107 Å². The first-order chi connectivity index (χ1) is 67.6. The first-order valence-corrected chi connectivity index (χ1v) is 55.7. The fourth-order valence-electron chi connectivity index (χ4n) is 14.8. The van der Waals surface area contributed by atoms with Crippen molar-refractivity contribution in [3.63, 3.8) is 0 Å². The van der Waals surface area contributed by atoms with Crippen LogP contribution in [0.3, 0.4) is 0 Å². The van der Waals surface area contributed by atoms with Gasteiger partial charge in [0.05, 0.1) is 174 Å². The second kappa shape index (κ2) is 81.1. The number of nitrogens with one attached hydrogen (secondary N) is 1. The molecule has 12 unspecified atom stereocenters.